The van der Waals surface area contributed by atoms with Gasteiger partial charge in [0.05, 0.1) is 23.6 Å². The molecule has 2 aliphatic rings. The molecule has 0 aromatic heterocycles. The van der Waals surface area contributed by atoms with Crippen LogP contribution in [0.5, 0.6) is 0 Å². The lowest BCUT2D eigenvalue weighted by atomic mass is 10.1. The summed E-state index contributed by atoms with van der Waals surface area (Å²) in [6, 6.07) is 0.169. The zero-order valence-corrected chi connectivity index (χ0v) is 12.3. The van der Waals surface area contributed by atoms with Crippen LogP contribution < -0.4 is 5.73 Å². The van der Waals surface area contributed by atoms with Crippen LogP contribution in [0.15, 0.2) is 0 Å². The van der Waals surface area contributed by atoms with Crippen LogP contribution in [-0.4, -0.2) is 66.1 Å². The fourth-order valence-corrected chi connectivity index (χ4v) is 3.20. The van der Waals surface area contributed by atoms with Crippen LogP contribution >= 0.6 is 12.2 Å². The van der Waals surface area contributed by atoms with Gasteiger partial charge in [-0.15, -0.1) is 0 Å². The minimum Gasteiger partial charge on any atom is -0.392 e. The highest BCUT2D eigenvalue weighted by atomic mass is 32.1. The average molecular weight is 285 g/mol. The van der Waals surface area contributed by atoms with Gasteiger partial charge in [0.15, 0.2) is 0 Å². The molecule has 2 N–H and O–H groups in total. The van der Waals surface area contributed by atoms with Crippen molar-refractivity contribution in [3.05, 3.63) is 0 Å². The first-order valence-electron chi connectivity index (χ1n) is 7.03. The second-order valence-electron chi connectivity index (χ2n) is 5.25. The lowest BCUT2D eigenvalue weighted by Gasteiger charge is -2.39. The van der Waals surface area contributed by atoms with Crippen molar-refractivity contribution >= 4 is 23.1 Å². The largest absolute Gasteiger partial charge is 0.392 e. The lowest BCUT2D eigenvalue weighted by Crippen LogP contribution is -2.55. The van der Waals surface area contributed by atoms with Crippen molar-refractivity contribution in [3.8, 4) is 0 Å². The van der Waals surface area contributed by atoms with E-state index in [4.69, 9.17) is 22.7 Å². The summed E-state index contributed by atoms with van der Waals surface area (Å²) >= 11 is 5.10. The maximum Gasteiger partial charge on any atom is 0.228 e. The molecule has 6 heteroatoms. The fraction of sp³-hybridized carbons (Fsp3) is 0.846. The van der Waals surface area contributed by atoms with E-state index in [2.05, 4.69) is 11.8 Å². The first kappa shape index (κ1) is 14.7. The minimum atomic E-state index is 0.0732. The molecule has 5 nitrogen and oxygen atoms in total. The Labute approximate surface area is 120 Å². The Morgan fingerprint density at radius 1 is 1.42 bits per heavy atom. The van der Waals surface area contributed by atoms with Gasteiger partial charge in [-0.3, -0.25) is 9.69 Å². The van der Waals surface area contributed by atoms with Crippen LogP contribution in [0.3, 0.4) is 0 Å². The summed E-state index contributed by atoms with van der Waals surface area (Å²) in [7, 11) is 0. The number of carbonyl (C=O) groups excluding carboxylic acids is 1. The second kappa shape index (κ2) is 6.63. The van der Waals surface area contributed by atoms with Gasteiger partial charge in [0.2, 0.25) is 5.91 Å². The van der Waals surface area contributed by atoms with Crippen LogP contribution in [0.2, 0.25) is 0 Å². The molecule has 0 saturated carbocycles. The van der Waals surface area contributed by atoms with E-state index in [0.717, 1.165) is 45.6 Å². The van der Waals surface area contributed by atoms with Gasteiger partial charge < -0.3 is 15.4 Å². The first-order valence-corrected chi connectivity index (χ1v) is 7.44. The van der Waals surface area contributed by atoms with Crippen LogP contribution in [0.25, 0.3) is 0 Å². The van der Waals surface area contributed by atoms with E-state index >= 15 is 0 Å². The average Bonchev–Trinajstić information content (AvgIpc) is 2.93. The van der Waals surface area contributed by atoms with Gasteiger partial charge in [0.1, 0.15) is 0 Å². The maximum absolute atomic E-state index is 12.3. The van der Waals surface area contributed by atoms with Gasteiger partial charge in [-0.1, -0.05) is 19.1 Å². The van der Waals surface area contributed by atoms with Crippen molar-refractivity contribution in [3.63, 3.8) is 0 Å². The van der Waals surface area contributed by atoms with Gasteiger partial charge >= 0.3 is 0 Å². The molecule has 2 fully saturated rings. The van der Waals surface area contributed by atoms with Crippen LogP contribution in [-0.2, 0) is 9.53 Å². The molecule has 2 rings (SSSR count). The van der Waals surface area contributed by atoms with E-state index in [1.165, 1.54) is 0 Å². The quantitative estimate of drug-likeness (QED) is 0.750. The SMILES string of the molecule is CCC(C(N)=S)N1CCN(C(=O)C2CCOC2)CC1. The molecule has 2 aliphatic heterocycles. The molecule has 0 radical (unpaired) electrons. The number of amides is 1. The van der Waals surface area contributed by atoms with Gasteiger partial charge in [-0.2, -0.15) is 0 Å². The van der Waals surface area contributed by atoms with E-state index in [1.807, 2.05) is 4.90 Å². The molecule has 0 aromatic rings. The number of rotatable bonds is 4. The van der Waals surface area contributed by atoms with Gasteiger partial charge in [-0.05, 0) is 12.8 Å². The number of hydrogen-bond donors (Lipinski definition) is 1. The smallest absolute Gasteiger partial charge is 0.228 e. The summed E-state index contributed by atoms with van der Waals surface area (Å²) in [5.74, 6) is 0.324. The normalized spacial score (nSPS) is 26.4. The summed E-state index contributed by atoms with van der Waals surface area (Å²) in [5, 5.41) is 0. The van der Waals surface area contributed by atoms with Gasteiger partial charge in [-0.25, -0.2) is 0 Å². The standard InChI is InChI=1S/C13H23N3O2S/c1-2-11(12(14)19)15-4-6-16(7-5-15)13(17)10-3-8-18-9-10/h10-11H,2-9H2,1H3,(H2,14,19). The van der Waals surface area contributed by atoms with E-state index in [9.17, 15) is 4.79 Å². The zero-order valence-electron chi connectivity index (χ0n) is 11.5. The monoisotopic (exact) mass is 285 g/mol. The number of nitrogens with two attached hydrogens (primary N) is 1. The Morgan fingerprint density at radius 2 is 2.11 bits per heavy atom. The lowest BCUT2D eigenvalue weighted by molar-refractivity contribution is -0.137. The Hall–Kier alpha value is -0.720. The summed E-state index contributed by atoms with van der Waals surface area (Å²) < 4.78 is 5.29. The Morgan fingerprint density at radius 3 is 2.58 bits per heavy atom. The van der Waals surface area contributed by atoms with E-state index in [1.54, 1.807) is 0 Å². The molecule has 0 aliphatic carbocycles. The number of thiocarbonyl (C=S) groups is 1. The number of hydrogen-bond acceptors (Lipinski definition) is 4. The molecule has 2 saturated heterocycles. The highest BCUT2D eigenvalue weighted by Gasteiger charge is 2.31. The molecule has 0 spiro atoms. The predicted molar refractivity (Wildman–Crippen MR) is 77.9 cm³/mol. The zero-order chi connectivity index (χ0) is 13.8. The van der Waals surface area contributed by atoms with E-state index < -0.39 is 0 Å². The highest BCUT2D eigenvalue weighted by molar-refractivity contribution is 7.80. The number of ether oxygens (including phenoxy) is 1. The number of carbonyl (C=O) groups is 1. The third kappa shape index (κ3) is 3.43. The molecule has 0 aromatic carbocycles. The first-order chi connectivity index (χ1) is 9.13. The molecule has 2 atom stereocenters. The number of piperazine rings is 1. The summed E-state index contributed by atoms with van der Waals surface area (Å²) in [6.45, 7) is 6.66. The summed E-state index contributed by atoms with van der Waals surface area (Å²) in [6.07, 6.45) is 1.79. The van der Waals surface area contributed by atoms with E-state index in [-0.39, 0.29) is 17.9 Å². The molecule has 19 heavy (non-hydrogen) atoms. The molecule has 108 valence electrons. The Kier molecular flexibility index (Phi) is 5.13. The van der Waals surface area contributed by atoms with Crippen LogP contribution in [0.1, 0.15) is 19.8 Å². The van der Waals surface area contributed by atoms with Crippen LogP contribution in [0.4, 0.5) is 0 Å². The molecular formula is C13H23N3O2S. The summed E-state index contributed by atoms with van der Waals surface area (Å²) in [5.41, 5.74) is 5.76. The minimum absolute atomic E-state index is 0.0732. The van der Waals surface area contributed by atoms with Gasteiger partial charge in [0.25, 0.3) is 0 Å². The maximum atomic E-state index is 12.3. The third-order valence-corrected chi connectivity index (χ3v) is 4.33. The van der Waals surface area contributed by atoms with Crippen molar-refractivity contribution < 1.29 is 9.53 Å². The predicted octanol–water partition coefficient (Wildman–Crippen LogP) is 0.232. The summed E-state index contributed by atoms with van der Waals surface area (Å²) in [4.78, 5) is 17.1. The molecule has 0 bridgehead atoms. The fourth-order valence-electron chi connectivity index (χ4n) is 2.88. The molecule has 2 heterocycles. The number of nitrogens with zero attached hydrogens (tertiary/aromatic N) is 2. The van der Waals surface area contributed by atoms with Crippen molar-refractivity contribution in [2.75, 3.05) is 39.4 Å². The molecule has 1 amide bonds. The van der Waals surface area contributed by atoms with Crippen molar-refractivity contribution in [1.82, 2.24) is 9.80 Å². The topological polar surface area (TPSA) is 58.8 Å². The van der Waals surface area contributed by atoms with Crippen LogP contribution in [0, 0.1) is 5.92 Å². The third-order valence-electron chi connectivity index (χ3n) is 4.06. The molecular weight excluding hydrogens is 262 g/mol. The highest BCUT2D eigenvalue weighted by Crippen LogP contribution is 2.18. The van der Waals surface area contributed by atoms with E-state index in [0.29, 0.717) is 11.6 Å². The second-order valence-corrected chi connectivity index (χ2v) is 5.72. The van der Waals surface area contributed by atoms with Crippen molar-refractivity contribution in [2.24, 2.45) is 11.7 Å². The Bertz CT molecular complexity index is 337. The Balaban J connectivity index is 1.84. The van der Waals surface area contributed by atoms with Crippen molar-refractivity contribution in [1.29, 1.82) is 0 Å². The molecule has 2 unspecified atom stereocenters. The van der Waals surface area contributed by atoms with Crippen molar-refractivity contribution in [2.45, 2.75) is 25.8 Å². The van der Waals surface area contributed by atoms with Gasteiger partial charge in [0, 0.05) is 32.8 Å².